The van der Waals surface area contributed by atoms with Crippen LogP contribution in [0.1, 0.15) is 34.0 Å². The van der Waals surface area contributed by atoms with Gasteiger partial charge in [-0.15, -0.1) is 0 Å². The first-order valence-corrected chi connectivity index (χ1v) is 9.45. The van der Waals surface area contributed by atoms with Crippen LogP contribution in [0, 0.1) is 6.92 Å². The Balaban J connectivity index is 1.51. The molecule has 144 valence electrons. The van der Waals surface area contributed by atoms with Crippen molar-refractivity contribution in [3.05, 3.63) is 101 Å². The second kappa shape index (κ2) is 8.67. The molecule has 0 spiro atoms. The van der Waals surface area contributed by atoms with Crippen LogP contribution in [0.4, 0.5) is 0 Å². The van der Waals surface area contributed by atoms with Crippen LogP contribution in [-0.2, 0) is 19.4 Å². The largest absolute Gasteiger partial charge is 0.392 e. The molecule has 3 heterocycles. The zero-order chi connectivity index (χ0) is 20.1. The second-order valence-corrected chi connectivity index (χ2v) is 6.83. The fraction of sp³-hybridized carbons (Fsp3) is 0.174. The molecule has 1 aromatic carbocycles. The third kappa shape index (κ3) is 4.86. The van der Waals surface area contributed by atoms with Crippen molar-refractivity contribution in [3.63, 3.8) is 0 Å². The molecule has 0 fully saturated rings. The highest BCUT2D eigenvalue weighted by molar-refractivity contribution is 5.49. The molecule has 0 saturated carbocycles. The first-order valence-electron chi connectivity index (χ1n) is 9.45. The Hall–Kier alpha value is -3.51. The first kappa shape index (κ1) is 18.8. The van der Waals surface area contributed by atoms with E-state index < -0.39 is 0 Å². The lowest BCUT2D eigenvalue weighted by Crippen LogP contribution is -2.03. The van der Waals surface area contributed by atoms with Crippen molar-refractivity contribution in [3.8, 4) is 11.5 Å². The second-order valence-electron chi connectivity index (χ2n) is 6.83. The Morgan fingerprint density at radius 2 is 1.45 bits per heavy atom. The van der Waals surface area contributed by atoms with Gasteiger partial charge >= 0.3 is 0 Å². The molecule has 4 aromatic rings. The molecule has 6 heteroatoms. The standard InChI is InChI=1S/C23H21N5O/c1-16-3-2-4-21(26-16)23-25-12-10-20(28-23)14-19-9-11-24-22(27-19)13-17-5-7-18(15-29)8-6-17/h2-12,29H,13-15H2,1H3. The fourth-order valence-corrected chi connectivity index (χ4v) is 3.04. The molecule has 0 amide bonds. The first-order chi connectivity index (χ1) is 14.2. The van der Waals surface area contributed by atoms with Crippen molar-refractivity contribution in [1.29, 1.82) is 0 Å². The van der Waals surface area contributed by atoms with Gasteiger partial charge in [-0.1, -0.05) is 30.3 Å². The molecular weight excluding hydrogens is 362 g/mol. The van der Waals surface area contributed by atoms with Gasteiger partial charge in [0.25, 0.3) is 0 Å². The number of aliphatic hydroxyl groups is 1. The Morgan fingerprint density at radius 3 is 2.21 bits per heavy atom. The molecule has 0 radical (unpaired) electrons. The van der Waals surface area contributed by atoms with E-state index in [9.17, 15) is 0 Å². The van der Waals surface area contributed by atoms with Gasteiger partial charge in [-0.25, -0.2) is 24.9 Å². The van der Waals surface area contributed by atoms with Crippen LogP contribution < -0.4 is 0 Å². The lowest BCUT2D eigenvalue weighted by molar-refractivity contribution is 0.282. The summed E-state index contributed by atoms with van der Waals surface area (Å²) in [7, 11) is 0. The van der Waals surface area contributed by atoms with Crippen molar-refractivity contribution >= 4 is 0 Å². The van der Waals surface area contributed by atoms with Crippen LogP contribution in [0.2, 0.25) is 0 Å². The third-order valence-electron chi connectivity index (χ3n) is 4.52. The number of nitrogens with zero attached hydrogens (tertiary/aromatic N) is 5. The Kier molecular flexibility index (Phi) is 5.63. The van der Waals surface area contributed by atoms with Crippen molar-refractivity contribution < 1.29 is 5.11 Å². The van der Waals surface area contributed by atoms with E-state index in [0.29, 0.717) is 18.7 Å². The Morgan fingerprint density at radius 1 is 0.724 bits per heavy atom. The summed E-state index contributed by atoms with van der Waals surface area (Å²) < 4.78 is 0. The molecule has 0 saturated heterocycles. The molecule has 0 atom stereocenters. The van der Waals surface area contributed by atoms with Crippen molar-refractivity contribution in [2.45, 2.75) is 26.4 Å². The molecule has 0 bridgehead atoms. The highest BCUT2D eigenvalue weighted by Gasteiger charge is 2.07. The minimum atomic E-state index is 0.0469. The molecular formula is C23H21N5O. The van der Waals surface area contributed by atoms with Crippen molar-refractivity contribution in [2.24, 2.45) is 0 Å². The fourth-order valence-electron chi connectivity index (χ4n) is 3.04. The topological polar surface area (TPSA) is 84.7 Å². The van der Waals surface area contributed by atoms with Crippen LogP contribution in [0.5, 0.6) is 0 Å². The van der Waals surface area contributed by atoms with Gasteiger partial charge in [-0.3, -0.25) is 0 Å². The van der Waals surface area contributed by atoms with E-state index in [1.165, 1.54) is 0 Å². The summed E-state index contributed by atoms with van der Waals surface area (Å²) in [5, 5.41) is 9.16. The van der Waals surface area contributed by atoms with Crippen molar-refractivity contribution in [2.75, 3.05) is 0 Å². The van der Waals surface area contributed by atoms with E-state index in [-0.39, 0.29) is 6.61 Å². The predicted octanol–water partition coefficient (Wildman–Crippen LogP) is 3.31. The van der Waals surface area contributed by atoms with Gasteiger partial charge in [-0.2, -0.15) is 0 Å². The lowest BCUT2D eigenvalue weighted by atomic mass is 10.1. The molecule has 4 rings (SSSR count). The maximum Gasteiger partial charge on any atom is 0.178 e. The van der Waals surface area contributed by atoms with Gasteiger partial charge in [-0.05, 0) is 42.3 Å². The average molecular weight is 383 g/mol. The maximum absolute atomic E-state index is 9.16. The normalized spacial score (nSPS) is 10.8. The average Bonchev–Trinajstić information content (AvgIpc) is 2.75. The van der Waals surface area contributed by atoms with E-state index >= 15 is 0 Å². The van der Waals surface area contributed by atoms with Gasteiger partial charge in [0.05, 0.1) is 18.0 Å². The van der Waals surface area contributed by atoms with Gasteiger partial charge in [0, 0.05) is 30.9 Å². The summed E-state index contributed by atoms with van der Waals surface area (Å²) in [5.41, 5.74) is 5.49. The van der Waals surface area contributed by atoms with E-state index in [0.717, 1.165) is 39.7 Å². The minimum absolute atomic E-state index is 0.0469. The lowest BCUT2D eigenvalue weighted by Gasteiger charge is -2.06. The van der Waals surface area contributed by atoms with Crippen LogP contribution in [0.15, 0.2) is 67.0 Å². The SMILES string of the molecule is Cc1cccc(-c2nccc(Cc3ccnc(Cc4ccc(CO)cc4)n3)n2)n1. The summed E-state index contributed by atoms with van der Waals surface area (Å²) in [6.07, 6.45) is 4.78. The number of hydrogen-bond donors (Lipinski definition) is 1. The van der Waals surface area contributed by atoms with E-state index in [1.54, 1.807) is 12.4 Å². The molecule has 0 aliphatic rings. The molecule has 0 aliphatic carbocycles. The maximum atomic E-state index is 9.16. The van der Waals surface area contributed by atoms with E-state index in [2.05, 4.69) is 24.9 Å². The summed E-state index contributed by atoms with van der Waals surface area (Å²) >= 11 is 0. The Labute approximate surface area is 169 Å². The zero-order valence-electron chi connectivity index (χ0n) is 16.2. The number of hydrogen-bond acceptors (Lipinski definition) is 6. The van der Waals surface area contributed by atoms with Gasteiger partial charge in [0.2, 0.25) is 0 Å². The molecule has 6 nitrogen and oxygen atoms in total. The predicted molar refractivity (Wildman–Crippen MR) is 110 cm³/mol. The van der Waals surface area contributed by atoms with E-state index in [4.69, 9.17) is 5.11 Å². The van der Waals surface area contributed by atoms with Gasteiger partial charge in [0.1, 0.15) is 11.5 Å². The highest BCUT2D eigenvalue weighted by Crippen LogP contribution is 2.14. The number of pyridine rings is 1. The number of benzene rings is 1. The Bertz CT molecular complexity index is 1110. The highest BCUT2D eigenvalue weighted by atomic mass is 16.3. The molecule has 0 aliphatic heterocycles. The summed E-state index contributed by atoms with van der Waals surface area (Å²) in [6, 6.07) is 17.4. The van der Waals surface area contributed by atoms with E-state index in [1.807, 2.05) is 61.5 Å². The molecule has 3 aromatic heterocycles. The van der Waals surface area contributed by atoms with Crippen LogP contribution in [-0.4, -0.2) is 30.0 Å². The van der Waals surface area contributed by atoms with Crippen LogP contribution >= 0.6 is 0 Å². The van der Waals surface area contributed by atoms with Crippen LogP contribution in [0.25, 0.3) is 11.5 Å². The summed E-state index contributed by atoms with van der Waals surface area (Å²) in [6.45, 7) is 2.00. The minimum Gasteiger partial charge on any atom is -0.392 e. The molecule has 1 N–H and O–H groups in total. The van der Waals surface area contributed by atoms with Gasteiger partial charge < -0.3 is 5.11 Å². The monoisotopic (exact) mass is 383 g/mol. The number of aliphatic hydroxyl groups excluding tert-OH is 1. The van der Waals surface area contributed by atoms with Crippen molar-refractivity contribution in [1.82, 2.24) is 24.9 Å². The zero-order valence-corrected chi connectivity index (χ0v) is 16.2. The summed E-state index contributed by atoms with van der Waals surface area (Å²) in [5.74, 6) is 1.37. The summed E-state index contributed by atoms with van der Waals surface area (Å²) in [4.78, 5) is 22.6. The number of rotatable bonds is 6. The molecule has 29 heavy (non-hydrogen) atoms. The third-order valence-corrected chi connectivity index (χ3v) is 4.52. The quantitative estimate of drug-likeness (QED) is 0.550. The smallest absolute Gasteiger partial charge is 0.178 e. The number of aryl methyl sites for hydroxylation is 1. The van der Waals surface area contributed by atoms with Crippen LogP contribution in [0.3, 0.4) is 0 Å². The number of aromatic nitrogens is 5. The molecule has 0 unspecified atom stereocenters. The van der Waals surface area contributed by atoms with Gasteiger partial charge in [0.15, 0.2) is 5.82 Å².